The van der Waals surface area contributed by atoms with Crippen LogP contribution in [0.5, 0.6) is 11.5 Å². The van der Waals surface area contributed by atoms with E-state index in [0.29, 0.717) is 19.3 Å². The Kier molecular flexibility index (Phi) is 3.58. The van der Waals surface area contributed by atoms with Gasteiger partial charge >= 0.3 is 0 Å². The molecule has 0 heterocycles. The van der Waals surface area contributed by atoms with Crippen LogP contribution in [-0.2, 0) is 6.42 Å². The Morgan fingerprint density at radius 2 is 1.93 bits per heavy atom. The molecule has 0 amide bonds. The van der Waals surface area contributed by atoms with Crippen LogP contribution in [0.2, 0.25) is 0 Å². The zero-order chi connectivity index (χ0) is 11.5. The third kappa shape index (κ3) is 3.44. The summed E-state index contributed by atoms with van der Waals surface area (Å²) in [6, 6.07) is 4.53. The lowest BCUT2D eigenvalue weighted by molar-refractivity contribution is 0.0472. The van der Waals surface area contributed by atoms with Gasteiger partial charge in [-0.3, -0.25) is 0 Å². The van der Waals surface area contributed by atoms with E-state index in [9.17, 15) is 10.2 Å². The van der Waals surface area contributed by atoms with Crippen LogP contribution >= 0.6 is 0 Å². The minimum atomic E-state index is -0.690. The van der Waals surface area contributed by atoms with E-state index in [-0.39, 0.29) is 11.5 Å². The predicted molar refractivity (Wildman–Crippen MR) is 59.0 cm³/mol. The van der Waals surface area contributed by atoms with Crippen LogP contribution in [0.3, 0.4) is 0 Å². The van der Waals surface area contributed by atoms with Crippen molar-refractivity contribution in [2.45, 2.75) is 38.7 Å². The maximum Gasteiger partial charge on any atom is 0.122 e. The first kappa shape index (κ1) is 11.9. The third-order valence-corrected chi connectivity index (χ3v) is 2.76. The highest BCUT2D eigenvalue weighted by Gasteiger charge is 2.17. The third-order valence-electron chi connectivity index (χ3n) is 2.76. The first-order valence-electron chi connectivity index (χ1n) is 5.18. The number of hydrogen-bond acceptors (Lipinski definition) is 3. The minimum Gasteiger partial charge on any atom is -0.508 e. The molecule has 3 N–H and O–H groups in total. The second-order valence-corrected chi connectivity index (χ2v) is 4.16. The van der Waals surface area contributed by atoms with Gasteiger partial charge in [-0.1, -0.05) is 13.0 Å². The van der Waals surface area contributed by atoms with E-state index >= 15 is 0 Å². The Labute approximate surface area is 90.0 Å². The van der Waals surface area contributed by atoms with E-state index in [1.54, 1.807) is 13.0 Å². The number of hydrogen-bond donors (Lipinski definition) is 3. The van der Waals surface area contributed by atoms with Gasteiger partial charge in [-0.2, -0.15) is 0 Å². The van der Waals surface area contributed by atoms with Gasteiger partial charge in [0.05, 0.1) is 5.60 Å². The average Bonchev–Trinajstić information content (AvgIpc) is 2.16. The Morgan fingerprint density at radius 1 is 1.27 bits per heavy atom. The van der Waals surface area contributed by atoms with E-state index in [4.69, 9.17) is 5.11 Å². The van der Waals surface area contributed by atoms with Gasteiger partial charge in [-0.15, -0.1) is 0 Å². The number of phenolic OH excluding ortho intramolecular Hbond substituents is 2. The second-order valence-electron chi connectivity index (χ2n) is 4.16. The van der Waals surface area contributed by atoms with Gasteiger partial charge in [0.2, 0.25) is 0 Å². The molecule has 0 aliphatic rings. The van der Waals surface area contributed by atoms with Crippen LogP contribution in [0.15, 0.2) is 18.2 Å². The lowest BCUT2D eigenvalue weighted by Crippen LogP contribution is -2.23. The van der Waals surface area contributed by atoms with Crippen molar-refractivity contribution in [1.29, 1.82) is 0 Å². The van der Waals surface area contributed by atoms with Gasteiger partial charge in [0, 0.05) is 6.07 Å². The van der Waals surface area contributed by atoms with E-state index in [1.165, 1.54) is 12.1 Å². The predicted octanol–water partition coefficient (Wildman–Crippen LogP) is 2.19. The van der Waals surface area contributed by atoms with E-state index in [1.807, 2.05) is 6.92 Å². The van der Waals surface area contributed by atoms with Crippen LogP contribution in [0.1, 0.15) is 32.3 Å². The Bertz CT molecular complexity index is 332. The highest BCUT2D eigenvalue weighted by Crippen LogP contribution is 2.26. The van der Waals surface area contributed by atoms with E-state index in [2.05, 4.69) is 0 Å². The van der Waals surface area contributed by atoms with Crippen LogP contribution < -0.4 is 0 Å². The normalized spacial score (nSPS) is 14.9. The fraction of sp³-hybridized carbons (Fsp3) is 0.500. The summed E-state index contributed by atoms with van der Waals surface area (Å²) in [5.41, 5.74) is 0.0613. The zero-order valence-corrected chi connectivity index (χ0v) is 9.20. The molecule has 0 spiro atoms. The molecule has 84 valence electrons. The highest BCUT2D eigenvalue weighted by molar-refractivity contribution is 5.39. The number of benzene rings is 1. The molecular formula is C12H18O3. The molecule has 1 aromatic carbocycles. The molecule has 0 aliphatic heterocycles. The fourth-order valence-electron chi connectivity index (χ4n) is 1.34. The number of aryl methyl sites for hydroxylation is 1. The van der Waals surface area contributed by atoms with E-state index < -0.39 is 5.60 Å². The van der Waals surface area contributed by atoms with Crippen molar-refractivity contribution in [1.82, 2.24) is 0 Å². The first-order chi connectivity index (χ1) is 6.94. The first-order valence-corrected chi connectivity index (χ1v) is 5.18. The smallest absolute Gasteiger partial charge is 0.122 e. The SMILES string of the molecule is CCC(C)(O)CCc1ccc(O)cc1O. The fourth-order valence-corrected chi connectivity index (χ4v) is 1.34. The van der Waals surface area contributed by atoms with Crippen molar-refractivity contribution in [3.05, 3.63) is 23.8 Å². The standard InChI is InChI=1S/C12H18O3/c1-3-12(2,15)7-6-9-4-5-10(13)8-11(9)14/h4-5,8,13-15H,3,6-7H2,1-2H3. The summed E-state index contributed by atoms with van der Waals surface area (Å²) in [5.74, 6) is 0.139. The molecule has 1 aromatic rings. The monoisotopic (exact) mass is 210 g/mol. The molecule has 0 aromatic heterocycles. The van der Waals surface area contributed by atoms with Gasteiger partial charge in [0.1, 0.15) is 11.5 Å². The van der Waals surface area contributed by atoms with Crippen molar-refractivity contribution >= 4 is 0 Å². The van der Waals surface area contributed by atoms with Gasteiger partial charge in [-0.25, -0.2) is 0 Å². The van der Waals surface area contributed by atoms with Crippen LogP contribution in [0, 0.1) is 0 Å². The van der Waals surface area contributed by atoms with Crippen LogP contribution in [0.4, 0.5) is 0 Å². The van der Waals surface area contributed by atoms with Crippen molar-refractivity contribution in [3.63, 3.8) is 0 Å². The Balaban J connectivity index is 2.66. The number of rotatable bonds is 4. The molecule has 3 nitrogen and oxygen atoms in total. The molecule has 0 fully saturated rings. The quantitative estimate of drug-likeness (QED) is 0.714. The minimum absolute atomic E-state index is 0.0542. The molecule has 0 saturated heterocycles. The maximum atomic E-state index is 9.80. The molecule has 1 unspecified atom stereocenters. The largest absolute Gasteiger partial charge is 0.508 e. The summed E-state index contributed by atoms with van der Waals surface area (Å²) in [6.45, 7) is 3.71. The molecule has 0 bridgehead atoms. The molecule has 0 saturated carbocycles. The lowest BCUT2D eigenvalue weighted by Gasteiger charge is -2.21. The summed E-state index contributed by atoms with van der Waals surface area (Å²) in [5, 5.41) is 28.4. The summed E-state index contributed by atoms with van der Waals surface area (Å²) >= 11 is 0. The molecule has 0 aliphatic carbocycles. The number of aromatic hydroxyl groups is 2. The molecule has 1 rings (SSSR count). The van der Waals surface area contributed by atoms with Crippen molar-refractivity contribution in [2.24, 2.45) is 0 Å². The van der Waals surface area contributed by atoms with Gasteiger partial charge in [0.15, 0.2) is 0 Å². The molecular weight excluding hydrogens is 192 g/mol. The number of phenols is 2. The Hall–Kier alpha value is -1.22. The maximum absolute atomic E-state index is 9.80. The van der Waals surface area contributed by atoms with Crippen LogP contribution in [-0.4, -0.2) is 20.9 Å². The molecule has 0 radical (unpaired) electrons. The zero-order valence-electron chi connectivity index (χ0n) is 9.20. The molecule has 1 atom stereocenters. The summed E-state index contributed by atoms with van der Waals surface area (Å²) in [7, 11) is 0. The average molecular weight is 210 g/mol. The van der Waals surface area contributed by atoms with Gasteiger partial charge in [-0.05, 0) is 37.8 Å². The van der Waals surface area contributed by atoms with Crippen molar-refractivity contribution in [3.8, 4) is 11.5 Å². The molecule has 3 heteroatoms. The van der Waals surface area contributed by atoms with Gasteiger partial charge in [0.25, 0.3) is 0 Å². The molecule has 15 heavy (non-hydrogen) atoms. The van der Waals surface area contributed by atoms with Crippen molar-refractivity contribution in [2.75, 3.05) is 0 Å². The Morgan fingerprint density at radius 3 is 2.47 bits per heavy atom. The van der Waals surface area contributed by atoms with Gasteiger partial charge < -0.3 is 15.3 Å². The summed E-state index contributed by atoms with van der Waals surface area (Å²) in [4.78, 5) is 0. The summed E-state index contributed by atoms with van der Waals surface area (Å²) in [6.07, 6.45) is 1.89. The van der Waals surface area contributed by atoms with Crippen LogP contribution in [0.25, 0.3) is 0 Å². The topological polar surface area (TPSA) is 60.7 Å². The summed E-state index contributed by atoms with van der Waals surface area (Å²) < 4.78 is 0. The lowest BCUT2D eigenvalue weighted by atomic mass is 9.94. The second kappa shape index (κ2) is 4.53. The highest BCUT2D eigenvalue weighted by atomic mass is 16.3. The number of aliphatic hydroxyl groups is 1. The van der Waals surface area contributed by atoms with E-state index in [0.717, 1.165) is 5.56 Å². The van der Waals surface area contributed by atoms with Crippen molar-refractivity contribution < 1.29 is 15.3 Å².